The molecule has 1 unspecified atom stereocenters. The highest BCUT2D eigenvalue weighted by Crippen LogP contribution is 2.34. The van der Waals surface area contributed by atoms with Crippen LogP contribution in [0.15, 0.2) is 52.3 Å². The molecule has 2 aromatic carbocycles. The third kappa shape index (κ3) is 4.00. The Balaban J connectivity index is 1.77. The minimum Gasteiger partial charge on any atom is -0.308 e. The van der Waals surface area contributed by atoms with Gasteiger partial charge in [0.25, 0.3) is 0 Å². The van der Waals surface area contributed by atoms with Crippen molar-refractivity contribution in [1.29, 1.82) is 0 Å². The predicted molar refractivity (Wildman–Crippen MR) is 101 cm³/mol. The number of anilines is 1. The van der Waals surface area contributed by atoms with Gasteiger partial charge in [-0.1, -0.05) is 11.6 Å². The van der Waals surface area contributed by atoms with Crippen molar-refractivity contribution in [3.63, 3.8) is 0 Å². The average molecular weight is 397 g/mol. The molecule has 0 fully saturated rings. The number of fused-ring (bicyclic) bond motifs is 1. The van der Waals surface area contributed by atoms with Crippen LogP contribution < -0.4 is 10.0 Å². The van der Waals surface area contributed by atoms with Gasteiger partial charge >= 0.3 is 0 Å². The Kier molecular flexibility index (Phi) is 5.11. The van der Waals surface area contributed by atoms with E-state index in [1.807, 2.05) is 19.1 Å². The number of carbonyl (C=O) groups is 1. The molecule has 1 amide bonds. The SMILES string of the molecule is CC1Cc2cc(S(N)(=O)=O)ccc2N1C(=O)CSc1ccc(Cl)cc1. The number of hydrogen-bond acceptors (Lipinski definition) is 4. The molecule has 1 aliphatic heterocycles. The van der Waals surface area contributed by atoms with Crippen LogP contribution in [0.2, 0.25) is 5.02 Å². The molecular formula is C17H17ClN2O3S2. The maximum Gasteiger partial charge on any atom is 0.238 e. The van der Waals surface area contributed by atoms with Gasteiger partial charge in [0.1, 0.15) is 0 Å². The monoisotopic (exact) mass is 396 g/mol. The van der Waals surface area contributed by atoms with Crippen molar-refractivity contribution in [3.05, 3.63) is 53.1 Å². The first-order valence-corrected chi connectivity index (χ1v) is 10.5. The van der Waals surface area contributed by atoms with Crippen molar-refractivity contribution in [1.82, 2.24) is 0 Å². The highest BCUT2D eigenvalue weighted by molar-refractivity contribution is 8.00. The van der Waals surface area contributed by atoms with Gasteiger partial charge < -0.3 is 4.90 Å². The summed E-state index contributed by atoms with van der Waals surface area (Å²) in [5, 5.41) is 5.84. The number of nitrogens with two attached hydrogens (primary N) is 1. The number of hydrogen-bond donors (Lipinski definition) is 1. The molecular weight excluding hydrogens is 380 g/mol. The summed E-state index contributed by atoms with van der Waals surface area (Å²) in [6, 6.07) is 12.0. The molecule has 1 heterocycles. The van der Waals surface area contributed by atoms with Gasteiger partial charge in [0.2, 0.25) is 15.9 Å². The number of amides is 1. The zero-order valence-corrected chi connectivity index (χ0v) is 15.9. The Morgan fingerprint density at radius 2 is 1.96 bits per heavy atom. The van der Waals surface area contributed by atoms with Gasteiger partial charge in [-0.25, -0.2) is 13.6 Å². The standard InChI is InChI=1S/C17H17ClN2O3S2/c1-11-8-12-9-15(25(19,22)23)6-7-16(12)20(11)17(21)10-24-14-4-2-13(18)3-5-14/h2-7,9,11H,8,10H2,1H3,(H2,19,22,23). The second-order valence-electron chi connectivity index (χ2n) is 5.90. The molecule has 8 heteroatoms. The summed E-state index contributed by atoms with van der Waals surface area (Å²) in [7, 11) is -3.75. The molecule has 0 bridgehead atoms. The molecule has 5 nitrogen and oxygen atoms in total. The minimum atomic E-state index is -3.75. The molecule has 2 N–H and O–H groups in total. The smallest absolute Gasteiger partial charge is 0.238 e. The van der Waals surface area contributed by atoms with Crippen LogP contribution in [0.1, 0.15) is 12.5 Å². The fourth-order valence-electron chi connectivity index (χ4n) is 2.91. The summed E-state index contributed by atoms with van der Waals surface area (Å²) < 4.78 is 23.0. The summed E-state index contributed by atoms with van der Waals surface area (Å²) in [5.41, 5.74) is 1.57. The van der Waals surface area contributed by atoms with Crippen molar-refractivity contribution in [3.8, 4) is 0 Å². The van der Waals surface area contributed by atoms with Gasteiger partial charge in [-0.15, -0.1) is 11.8 Å². The first-order chi connectivity index (χ1) is 11.8. The number of benzene rings is 2. The molecule has 0 radical (unpaired) electrons. The first-order valence-electron chi connectivity index (χ1n) is 7.62. The molecule has 2 aromatic rings. The van der Waals surface area contributed by atoms with E-state index in [2.05, 4.69) is 0 Å². The number of rotatable bonds is 4. The van der Waals surface area contributed by atoms with Gasteiger partial charge in [-0.05, 0) is 61.4 Å². The van der Waals surface area contributed by atoms with E-state index in [0.717, 1.165) is 16.1 Å². The van der Waals surface area contributed by atoms with E-state index in [1.165, 1.54) is 17.8 Å². The Labute approximate surface area is 156 Å². The van der Waals surface area contributed by atoms with Crippen LogP contribution in [-0.4, -0.2) is 26.1 Å². The first kappa shape index (κ1) is 18.3. The Hall–Kier alpha value is -1.54. The van der Waals surface area contributed by atoms with Gasteiger partial charge in [-0.2, -0.15) is 0 Å². The zero-order valence-electron chi connectivity index (χ0n) is 13.5. The van der Waals surface area contributed by atoms with E-state index in [0.29, 0.717) is 17.2 Å². The highest BCUT2D eigenvalue weighted by atomic mass is 35.5. The number of carbonyl (C=O) groups excluding carboxylic acids is 1. The van der Waals surface area contributed by atoms with E-state index in [4.69, 9.17) is 16.7 Å². The Bertz CT molecular complexity index is 914. The normalized spacial score (nSPS) is 16.8. The fraction of sp³-hybridized carbons (Fsp3) is 0.235. The van der Waals surface area contributed by atoms with Crippen LogP contribution in [0.3, 0.4) is 0 Å². The third-order valence-corrected chi connectivity index (χ3v) is 6.20. The second-order valence-corrected chi connectivity index (χ2v) is 8.94. The highest BCUT2D eigenvalue weighted by Gasteiger charge is 2.31. The average Bonchev–Trinajstić information content (AvgIpc) is 2.88. The lowest BCUT2D eigenvalue weighted by Crippen LogP contribution is -2.36. The fourth-order valence-corrected chi connectivity index (χ4v) is 4.36. The number of sulfonamides is 1. The van der Waals surface area contributed by atoms with E-state index in [1.54, 1.807) is 29.2 Å². The number of thioether (sulfide) groups is 1. The Morgan fingerprint density at radius 3 is 2.60 bits per heavy atom. The molecule has 25 heavy (non-hydrogen) atoms. The van der Waals surface area contributed by atoms with Crippen LogP contribution in [0.4, 0.5) is 5.69 Å². The molecule has 0 saturated carbocycles. The molecule has 3 rings (SSSR count). The lowest BCUT2D eigenvalue weighted by atomic mass is 10.1. The van der Waals surface area contributed by atoms with Crippen molar-refractivity contribution in [2.24, 2.45) is 5.14 Å². The largest absolute Gasteiger partial charge is 0.308 e. The quantitative estimate of drug-likeness (QED) is 0.805. The summed E-state index contributed by atoms with van der Waals surface area (Å²) >= 11 is 7.30. The van der Waals surface area contributed by atoms with E-state index < -0.39 is 10.0 Å². The maximum atomic E-state index is 12.7. The second kappa shape index (κ2) is 6.99. The third-order valence-electron chi connectivity index (χ3n) is 4.04. The predicted octanol–water partition coefficient (Wildman–Crippen LogP) is 3.06. The van der Waals surface area contributed by atoms with Crippen molar-refractivity contribution >= 4 is 45.0 Å². The zero-order chi connectivity index (χ0) is 18.2. The summed E-state index contributed by atoms with van der Waals surface area (Å²) in [5.74, 6) is 0.275. The minimum absolute atomic E-state index is 0.0189. The van der Waals surface area contributed by atoms with E-state index >= 15 is 0 Å². The molecule has 0 aliphatic carbocycles. The summed E-state index contributed by atoms with van der Waals surface area (Å²) in [4.78, 5) is 15.4. The van der Waals surface area contributed by atoms with Crippen LogP contribution in [0, 0.1) is 0 Å². The van der Waals surface area contributed by atoms with Crippen LogP contribution in [0.5, 0.6) is 0 Å². The van der Waals surface area contributed by atoms with Gasteiger partial charge in [0, 0.05) is 21.6 Å². The van der Waals surface area contributed by atoms with Crippen molar-refractivity contribution in [2.75, 3.05) is 10.7 Å². The van der Waals surface area contributed by atoms with E-state index in [9.17, 15) is 13.2 Å². The molecule has 132 valence electrons. The Morgan fingerprint density at radius 1 is 1.28 bits per heavy atom. The van der Waals surface area contributed by atoms with Crippen molar-refractivity contribution < 1.29 is 13.2 Å². The number of primary sulfonamides is 1. The number of halogens is 1. The lowest BCUT2D eigenvalue weighted by Gasteiger charge is -2.22. The molecule has 1 aliphatic rings. The van der Waals surface area contributed by atoms with E-state index in [-0.39, 0.29) is 16.8 Å². The molecule has 0 saturated heterocycles. The molecule has 0 aromatic heterocycles. The van der Waals surface area contributed by atoms with Crippen LogP contribution in [-0.2, 0) is 21.2 Å². The lowest BCUT2D eigenvalue weighted by molar-refractivity contribution is -0.116. The van der Waals surface area contributed by atoms with Gasteiger partial charge in [0.15, 0.2) is 0 Å². The van der Waals surface area contributed by atoms with Crippen molar-refractivity contribution in [2.45, 2.75) is 29.2 Å². The van der Waals surface area contributed by atoms with Gasteiger partial charge in [-0.3, -0.25) is 4.79 Å². The maximum absolute atomic E-state index is 12.7. The molecule has 0 spiro atoms. The summed E-state index contributed by atoms with van der Waals surface area (Å²) in [6.07, 6.45) is 0.607. The number of nitrogens with zero attached hydrogens (tertiary/aromatic N) is 1. The summed E-state index contributed by atoms with van der Waals surface area (Å²) in [6.45, 7) is 1.95. The topological polar surface area (TPSA) is 80.5 Å². The van der Waals surface area contributed by atoms with Gasteiger partial charge in [0.05, 0.1) is 10.6 Å². The van der Waals surface area contributed by atoms with Crippen LogP contribution in [0.25, 0.3) is 0 Å². The van der Waals surface area contributed by atoms with Crippen LogP contribution >= 0.6 is 23.4 Å². The molecule has 1 atom stereocenters.